The number of hydrogen-bond donors (Lipinski definition) is 4. The molecule has 1 fully saturated rings. The number of aromatic nitrogens is 5. The first kappa shape index (κ1) is 22.5. The maximum absolute atomic E-state index is 12.8. The van der Waals surface area contributed by atoms with E-state index in [0.29, 0.717) is 16.5 Å². The molecule has 0 saturated carbocycles. The minimum absolute atomic E-state index is 0.0265. The summed E-state index contributed by atoms with van der Waals surface area (Å²) < 4.78 is 1.46. The van der Waals surface area contributed by atoms with Gasteiger partial charge in [0.05, 0.1) is 0 Å². The number of nitrogens with one attached hydrogen (secondary N) is 1. The van der Waals surface area contributed by atoms with Crippen molar-refractivity contribution in [3.05, 3.63) is 35.2 Å². The molecule has 2 atom stereocenters. The molecule has 2 aliphatic heterocycles. The van der Waals surface area contributed by atoms with Crippen molar-refractivity contribution in [2.45, 2.75) is 16.6 Å². The van der Waals surface area contributed by atoms with Crippen molar-refractivity contribution in [1.29, 1.82) is 0 Å². The van der Waals surface area contributed by atoms with Crippen LogP contribution in [0.1, 0.15) is 5.69 Å². The molecule has 2 amide bonds. The molecular weight excluding hydrogens is 474 g/mol. The first-order valence-electron chi connectivity index (χ1n) is 9.32. The van der Waals surface area contributed by atoms with E-state index in [1.54, 1.807) is 7.05 Å². The van der Waals surface area contributed by atoms with Crippen LogP contribution in [0.2, 0.25) is 0 Å². The number of carbonyl (C=O) groups excluding carboxylic acids is 2. The van der Waals surface area contributed by atoms with Gasteiger partial charge in [0, 0.05) is 18.6 Å². The average molecular weight is 492 g/mol. The summed E-state index contributed by atoms with van der Waals surface area (Å²) in [6.07, 6.45) is 0. The summed E-state index contributed by atoms with van der Waals surface area (Å²) in [5, 5.41) is 35.5. The molecule has 0 aliphatic carbocycles. The van der Waals surface area contributed by atoms with E-state index in [1.165, 1.54) is 46.4 Å². The van der Waals surface area contributed by atoms with Crippen LogP contribution in [0.5, 0.6) is 0 Å². The van der Waals surface area contributed by atoms with Gasteiger partial charge in [0.15, 0.2) is 5.71 Å². The third-order valence-electron chi connectivity index (χ3n) is 4.82. The largest absolute Gasteiger partial charge is 0.477 e. The Kier molecular flexibility index (Phi) is 6.19. The molecule has 16 heteroatoms. The summed E-state index contributed by atoms with van der Waals surface area (Å²) in [4.78, 5) is 42.5. The van der Waals surface area contributed by atoms with Gasteiger partial charge in [0.1, 0.15) is 28.6 Å². The molecule has 14 nitrogen and oxygen atoms in total. The predicted octanol–water partition coefficient (Wildman–Crippen LogP) is -1.10. The van der Waals surface area contributed by atoms with Crippen LogP contribution in [0.3, 0.4) is 0 Å². The summed E-state index contributed by atoms with van der Waals surface area (Å²) in [6.45, 7) is 0. The highest BCUT2D eigenvalue weighted by molar-refractivity contribution is 8.01. The molecule has 2 aromatic heterocycles. The van der Waals surface area contributed by atoms with Crippen molar-refractivity contribution in [2.24, 2.45) is 12.2 Å². The summed E-state index contributed by atoms with van der Waals surface area (Å²) in [5.74, 6) is -1.94. The molecule has 0 aromatic carbocycles. The number of carboxylic acids is 1. The van der Waals surface area contributed by atoms with Crippen LogP contribution in [-0.4, -0.2) is 86.8 Å². The van der Waals surface area contributed by atoms with Crippen molar-refractivity contribution >= 4 is 52.8 Å². The van der Waals surface area contributed by atoms with Gasteiger partial charge in [-0.3, -0.25) is 14.5 Å². The first-order chi connectivity index (χ1) is 15.8. The molecule has 172 valence electrons. The maximum Gasteiger partial charge on any atom is 0.352 e. The lowest BCUT2D eigenvalue weighted by molar-refractivity contribution is -0.150. The SMILES string of the molecule is Cn1nnnc1SCC1=C(C(=O)O)N2C(=O)C(NC(=O)C(=NO)c3cccc(N)n3)[C@@H]2SC1. The van der Waals surface area contributed by atoms with Gasteiger partial charge < -0.3 is 21.4 Å². The number of carbonyl (C=O) groups is 3. The van der Waals surface area contributed by atoms with Crippen LogP contribution in [0.4, 0.5) is 5.82 Å². The van der Waals surface area contributed by atoms with Crippen molar-refractivity contribution in [3.8, 4) is 0 Å². The molecule has 4 heterocycles. The van der Waals surface area contributed by atoms with E-state index >= 15 is 0 Å². The summed E-state index contributed by atoms with van der Waals surface area (Å²) in [6, 6.07) is 3.46. The van der Waals surface area contributed by atoms with Crippen LogP contribution in [-0.2, 0) is 21.4 Å². The monoisotopic (exact) mass is 491 g/mol. The van der Waals surface area contributed by atoms with Gasteiger partial charge in [-0.15, -0.1) is 16.9 Å². The zero-order valence-electron chi connectivity index (χ0n) is 16.9. The number of aliphatic carboxylic acids is 1. The molecule has 2 aromatic rings. The molecule has 33 heavy (non-hydrogen) atoms. The topological polar surface area (TPSA) is 202 Å². The average Bonchev–Trinajstić information content (AvgIpc) is 3.20. The van der Waals surface area contributed by atoms with E-state index in [9.17, 15) is 24.7 Å². The smallest absolute Gasteiger partial charge is 0.352 e. The highest BCUT2D eigenvalue weighted by Crippen LogP contribution is 2.41. The number of carboxylic acid groups (broad SMARTS) is 1. The number of β-lactam (4-membered cyclic amide) rings is 1. The fourth-order valence-corrected chi connectivity index (χ4v) is 5.63. The van der Waals surface area contributed by atoms with E-state index in [1.807, 2.05) is 0 Å². The zero-order valence-corrected chi connectivity index (χ0v) is 18.6. The molecule has 4 rings (SSSR count). The quantitative estimate of drug-likeness (QED) is 0.120. The highest BCUT2D eigenvalue weighted by Gasteiger charge is 2.54. The van der Waals surface area contributed by atoms with Gasteiger partial charge in [-0.2, -0.15) is 0 Å². The Morgan fingerprint density at radius 2 is 2.21 bits per heavy atom. The first-order valence-corrected chi connectivity index (χ1v) is 11.4. The number of pyridine rings is 1. The summed E-state index contributed by atoms with van der Waals surface area (Å²) >= 11 is 2.57. The van der Waals surface area contributed by atoms with Gasteiger partial charge in [0.25, 0.3) is 11.8 Å². The number of hydrogen-bond acceptors (Lipinski definition) is 12. The molecule has 2 aliphatic rings. The lowest BCUT2D eigenvalue weighted by Gasteiger charge is -2.49. The summed E-state index contributed by atoms with van der Waals surface area (Å²) in [7, 11) is 1.66. The number of anilines is 1. The van der Waals surface area contributed by atoms with Crippen LogP contribution in [0.15, 0.2) is 39.8 Å². The molecule has 1 saturated heterocycles. The predicted molar refractivity (Wildman–Crippen MR) is 116 cm³/mol. The Morgan fingerprint density at radius 1 is 1.42 bits per heavy atom. The van der Waals surface area contributed by atoms with E-state index in [4.69, 9.17) is 5.73 Å². The summed E-state index contributed by atoms with van der Waals surface area (Å²) in [5.41, 5.74) is 5.63. The van der Waals surface area contributed by atoms with E-state index in [0.717, 1.165) is 4.90 Å². The molecular formula is C17H17N9O5S2. The molecule has 0 spiro atoms. The van der Waals surface area contributed by atoms with Crippen molar-refractivity contribution in [1.82, 2.24) is 35.4 Å². The van der Waals surface area contributed by atoms with Crippen molar-refractivity contribution in [2.75, 3.05) is 17.2 Å². The normalized spacial score (nSPS) is 20.3. The fourth-order valence-electron chi connectivity index (χ4n) is 3.30. The number of nitrogens with two attached hydrogens (primary N) is 1. The van der Waals surface area contributed by atoms with Gasteiger partial charge in [0.2, 0.25) is 5.16 Å². The lowest BCUT2D eigenvalue weighted by atomic mass is 10.0. The van der Waals surface area contributed by atoms with Gasteiger partial charge in [-0.25, -0.2) is 14.5 Å². The number of rotatable bonds is 7. The number of nitrogen functional groups attached to an aromatic ring is 1. The Balaban J connectivity index is 1.49. The lowest BCUT2D eigenvalue weighted by Crippen LogP contribution is -2.71. The number of thioether (sulfide) groups is 2. The number of nitrogens with zero attached hydrogens (tertiary/aromatic N) is 7. The highest BCUT2D eigenvalue weighted by atomic mass is 32.2. The second-order valence-electron chi connectivity index (χ2n) is 6.89. The standard InChI is InChI=1S/C17H17N9O5S2/c1-25-17(21-23-24-25)33-6-7-5-32-15-11(14(28)26(15)12(7)16(29)30)20-13(27)10(22-31)8-3-2-4-9(18)19-8/h2-4,11,15,31H,5-6H2,1H3,(H2,18,19)(H,20,27)(H,29,30)/t11?,15-/m0/s1. The third kappa shape index (κ3) is 4.21. The van der Waals surface area contributed by atoms with Crippen molar-refractivity contribution in [3.63, 3.8) is 0 Å². The second kappa shape index (κ2) is 9.07. The Bertz CT molecular complexity index is 1200. The number of oxime groups is 1. The number of fused-ring (bicyclic) bond motifs is 1. The van der Waals surface area contributed by atoms with Crippen LogP contribution < -0.4 is 11.1 Å². The van der Waals surface area contributed by atoms with E-state index in [2.05, 4.69) is 31.0 Å². The Hall–Kier alpha value is -3.66. The molecule has 0 bridgehead atoms. The van der Waals surface area contributed by atoms with Gasteiger partial charge in [-0.1, -0.05) is 23.0 Å². The zero-order chi connectivity index (χ0) is 23.7. The minimum Gasteiger partial charge on any atom is -0.477 e. The van der Waals surface area contributed by atoms with Crippen LogP contribution >= 0.6 is 23.5 Å². The number of amides is 2. The Morgan fingerprint density at radius 3 is 2.85 bits per heavy atom. The molecule has 5 N–H and O–H groups in total. The molecule has 1 unspecified atom stereocenters. The molecule has 0 radical (unpaired) electrons. The number of tetrazole rings is 1. The second-order valence-corrected chi connectivity index (χ2v) is 8.94. The van der Waals surface area contributed by atoms with Crippen molar-refractivity contribution < 1.29 is 24.7 Å². The third-order valence-corrected chi connectivity index (χ3v) is 7.26. The van der Waals surface area contributed by atoms with Gasteiger partial charge >= 0.3 is 5.97 Å². The minimum atomic E-state index is -1.24. The fraction of sp³-hybridized carbons (Fsp3) is 0.294. The van der Waals surface area contributed by atoms with E-state index < -0.39 is 34.9 Å². The van der Waals surface area contributed by atoms with Crippen LogP contribution in [0, 0.1) is 0 Å². The number of aryl methyl sites for hydroxylation is 1. The van der Waals surface area contributed by atoms with E-state index in [-0.39, 0.29) is 23.0 Å². The van der Waals surface area contributed by atoms with Gasteiger partial charge in [-0.05, 0) is 28.1 Å². The maximum atomic E-state index is 12.8. The Labute approximate surface area is 194 Å². The van der Waals surface area contributed by atoms with Crippen LogP contribution in [0.25, 0.3) is 0 Å².